The quantitative estimate of drug-likeness (QED) is 0.491. The summed E-state index contributed by atoms with van der Waals surface area (Å²) in [6.07, 6.45) is 1.35. The largest absolute Gasteiger partial charge is 0.390 e. The number of aliphatic hydroxyl groups excluding tert-OH is 1. The van der Waals surface area contributed by atoms with Crippen LogP contribution in [0, 0.1) is 5.41 Å². The monoisotopic (exact) mass is 345 g/mol. The van der Waals surface area contributed by atoms with Gasteiger partial charge in [-0.25, -0.2) is 0 Å². The Morgan fingerprint density at radius 2 is 1.73 bits per heavy atom. The predicted octanol–water partition coefficient (Wildman–Crippen LogP) is 3.91. The number of hydrogen-bond donors (Lipinski definition) is 3. The van der Waals surface area contributed by atoms with Crippen molar-refractivity contribution in [2.45, 2.75) is 13.2 Å². The summed E-state index contributed by atoms with van der Waals surface area (Å²) in [5.74, 6) is 0. The van der Waals surface area contributed by atoms with Gasteiger partial charge >= 0.3 is 0 Å². The second kappa shape index (κ2) is 7.95. The Bertz CT molecular complexity index is 1040. The molecule has 4 rings (SSSR count). The smallest absolute Gasteiger partial charge is 0.0833 e. The lowest BCUT2D eigenvalue weighted by molar-refractivity contribution is 0.272. The van der Waals surface area contributed by atoms with Crippen molar-refractivity contribution in [3.63, 3.8) is 0 Å². The molecule has 0 aliphatic rings. The molecule has 0 amide bonds. The van der Waals surface area contributed by atoms with Gasteiger partial charge in [0.1, 0.15) is 0 Å². The minimum Gasteiger partial charge on any atom is -0.390 e. The fourth-order valence-electron chi connectivity index (χ4n) is 3.34. The van der Waals surface area contributed by atoms with Crippen molar-refractivity contribution in [2.24, 2.45) is 5.73 Å². The maximum absolute atomic E-state index is 9.77. The van der Waals surface area contributed by atoms with E-state index < -0.39 is 0 Å². The van der Waals surface area contributed by atoms with Gasteiger partial charge in [-0.3, -0.25) is 0 Å². The van der Waals surface area contributed by atoms with Crippen LogP contribution in [0.15, 0.2) is 66.7 Å². The average Bonchev–Trinajstić information content (AvgIpc) is 3.06. The molecular formula is C22H23N3O. The molecule has 4 heteroatoms. The second-order valence-corrected chi connectivity index (χ2v) is 5.98. The summed E-state index contributed by atoms with van der Waals surface area (Å²) >= 11 is 0. The number of nitrogens with two attached hydrogens (primary N) is 1. The lowest BCUT2D eigenvalue weighted by Crippen LogP contribution is -2.05. The van der Waals surface area contributed by atoms with Crippen LogP contribution in [0.3, 0.4) is 0 Å². The molecule has 0 bridgehead atoms. The lowest BCUT2D eigenvalue weighted by Gasteiger charge is -2.12. The molecule has 1 heterocycles. The minimum absolute atomic E-state index is 0.000626. The lowest BCUT2D eigenvalue weighted by atomic mass is 10.0. The van der Waals surface area contributed by atoms with Gasteiger partial charge < -0.3 is 20.8 Å². The van der Waals surface area contributed by atoms with Crippen molar-refractivity contribution >= 4 is 27.9 Å². The summed E-state index contributed by atoms with van der Waals surface area (Å²) in [5.41, 5.74) is 8.53. The predicted molar refractivity (Wildman–Crippen MR) is 109 cm³/mol. The molecule has 0 fully saturated rings. The van der Waals surface area contributed by atoms with Crippen LogP contribution < -0.4 is 5.73 Å². The third-order valence-electron chi connectivity index (χ3n) is 4.55. The van der Waals surface area contributed by atoms with Gasteiger partial charge in [0, 0.05) is 24.0 Å². The van der Waals surface area contributed by atoms with Crippen molar-refractivity contribution in [2.75, 3.05) is 7.05 Å². The van der Waals surface area contributed by atoms with E-state index in [1.807, 2.05) is 30.3 Å². The molecule has 0 aliphatic heterocycles. The zero-order valence-electron chi connectivity index (χ0n) is 14.8. The van der Waals surface area contributed by atoms with Gasteiger partial charge in [-0.05, 0) is 46.5 Å². The molecule has 132 valence electrons. The average molecular weight is 345 g/mol. The van der Waals surface area contributed by atoms with Crippen LogP contribution in [0.1, 0.15) is 16.8 Å². The summed E-state index contributed by atoms with van der Waals surface area (Å²) in [7, 11) is 1.50. The van der Waals surface area contributed by atoms with Crippen molar-refractivity contribution < 1.29 is 5.11 Å². The molecule has 4 nitrogen and oxygen atoms in total. The SMILES string of the molecule is CN.N=Cc1ccc2cc(CO)n(Cc3cccc4ccccc34)c2c1. The third-order valence-corrected chi connectivity index (χ3v) is 4.55. The Morgan fingerprint density at radius 3 is 2.50 bits per heavy atom. The zero-order chi connectivity index (χ0) is 18.5. The summed E-state index contributed by atoms with van der Waals surface area (Å²) in [5, 5.41) is 20.8. The molecule has 0 aliphatic carbocycles. The number of rotatable bonds is 4. The van der Waals surface area contributed by atoms with Crippen LogP contribution in [0.5, 0.6) is 0 Å². The van der Waals surface area contributed by atoms with Crippen molar-refractivity contribution in [3.05, 3.63) is 83.6 Å². The molecule has 0 unspecified atom stereocenters. The molecule has 4 aromatic rings. The van der Waals surface area contributed by atoms with Gasteiger partial charge in [-0.15, -0.1) is 0 Å². The first kappa shape index (κ1) is 17.9. The van der Waals surface area contributed by atoms with Crippen LogP contribution in [-0.4, -0.2) is 22.9 Å². The number of nitrogens with zero attached hydrogens (tertiary/aromatic N) is 1. The molecule has 0 saturated carbocycles. The summed E-state index contributed by atoms with van der Waals surface area (Å²) in [4.78, 5) is 0. The van der Waals surface area contributed by atoms with E-state index in [-0.39, 0.29) is 6.61 Å². The highest BCUT2D eigenvalue weighted by atomic mass is 16.3. The minimum atomic E-state index is -0.000626. The number of aromatic nitrogens is 1. The van der Waals surface area contributed by atoms with E-state index in [2.05, 4.69) is 46.7 Å². The molecule has 0 radical (unpaired) electrons. The second-order valence-electron chi connectivity index (χ2n) is 5.98. The summed E-state index contributed by atoms with van der Waals surface area (Å²) in [6.45, 7) is 0.696. The number of fused-ring (bicyclic) bond motifs is 2. The highest BCUT2D eigenvalue weighted by Gasteiger charge is 2.10. The molecule has 0 atom stereocenters. The Labute approximate surface area is 153 Å². The van der Waals surface area contributed by atoms with Crippen LogP contribution in [0.25, 0.3) is 21.7 Å². The highest BCUT2D eigenvalue weighted by molar-refractivity contribution is 5.89. The number of hydrogen-bond acceptors (Lipinski definition) is 3. The van der Waals surface area contributed by atoms with Crippen molar-refractivity contribution in [1.29, 1.82) is 5.41 Å². The van der Waals surface area contributed by atoms with Crippen molar-refractivity contribution in [3.8, 4) is 0 Å². The maximum atomic E-state index is 9.77. The first-order valence-corrected chi connectivity index (χ1v) is 8.58. The third kappa shape index (κ3) is 3.25. The Kier molecular flexibility index (Phi) is 5.46. The van der Waals surface area contributed by atoms with Crippen LogP contribution in [0.4, 0.5) is 0 Å². The molecule has 4 N–H and O–H groups in total. The standard InChI is InChI=1S/C21H18N2O.CH5N/c22-12-15-8-9-17-11-19(14-24)23(21(17)10-15)13-18-6-3-5-16-4-1-2-7-20(16)18;1-2/h1-12,22,24H,13-14H2;2H2,1H3. The first-order valence-electron chi connectivity index (χ1n) is 8.58. The molecule has 3 aromatic carbocycles. The van der Waals surface area contributed by atoms with E-state index in [1.54, 1.807) is 0 Å². The normalized spacial score (nSPS) is 10.6. The van der Waals surface area contributed by atoms with E-state index in [1.165, 1.54) is 29.6 Å². The van der Waals surface area contributed by atoms with Crippen molar-refractivity contribution in [1.82, 2.24) is 4.57 Å². The topological polar surface area (TPSA) is 75.0 Å². The van der Waals surface area contributed by atoms with E-state index in [0.717, 1.165) is 22.2 Å². The molecule has 26 heavy (non-hydrogen) atoms. The van der Waals surface area contributed by atoms with Crippen LogP contribution in [0.2, 0.25) is 0 Å². The highest BCUT2D eigenvalue weighted by Crippen LogP contribution is 2.25. The first-order chi connectivity index (χ1) is 12.8. The van der Waals surface area contributed by atoms with E-state index >= 15 is 0 Å². The fraction of sp³-hybridized carbons (Fsp3) is 0.136. The van der Waals surface area contributed by atoms with Gasteiger partial charge in [0.15, 0.2) is 0 Å². The van der Waals surface area contributed by atoms with Gasteiger partial charge in [0.25, 0.3) is 0 Å². The molecule has 1 aromatic heterocycles. The Morgan fingerprint density at radius 1 is 0.962 bits per heavy atom. The fourth-order valence-corrected chi connectivity index (χ4v) is 3.34. The molecule has 0 saturated heterocycles. The Balaban J connectivity index is 0.000000948. The number of aliphatic hydroxyl groups is 1. The van der Waals surface area contributed by atoms with Gasteiger partial charge in [-0.1, -0.05) is 54.6 Å². The van der Waals surface area contributed by atoms with Crippen LogP contribution >= 0.6 is 0 Å². The maximum Gasteiger partial charge on any atom is 0.0833 e. The van der Waals surface area contributed by atoms with Gasteiger partial charge in [-0.2, -0.15) is 0 Å². The molecule has 0 spiro atoms. The van der Waals surface area contributed by atoms with Gasteiger partial charge in [0.2, 0.25) is 0 Å². The molecular weight excluding hydrogens is 322 g/mol. The van der Waals surface area contributed by atoms with Gasteiger partial charge in [0.05, 0.1) is 6.61 Å². The van der Waals surface area contributed by atoms with Crippen LogP contribution in [-0.2, 0) is 13.2 Å². The number of benzene rings is 3. The Hall–Kier alpha value is -2.95. The number of nitrogens with one attached hydrogen (secondary N) is 1. The van der Waals surface area contributed by atoms with E-state index in [9.17, 15) is 5.11 Å². The zero-order valence-corrected chi connectivity index (χ0v) is 14.8. The summed E-state index contributed by atoms with van der Waals surface area (Å²) < 4.78 is 2.14. The summed E-state index contributed by atoms with van der Waals surface area (Å²) in [6, 6.07) is 22.7. The van der Waals surface area contributed by atoms with E-state index in [4.69, 9.17) is 5.41 Å². The van der Waals surface area contributed by atoms with E-state index in [0.29, 0.717) is 6.54 Å².